The van der Waals surface area contributed by atoms with E-state index in [0.29, 0.717) is 6.10 Å². The number of benzene rings is 1. The highest BCUT2D eigenvalue weighted by atomic mass is 16.5. The fourth-order valence-corrected chi connectivity index (χ4v) is 2.49. The van der Waals surface area contributed by atoms with E-state index in [-0.39, 0.29) is 5.54 Å². The van der Waals surface area contributed by atoms with Crippen molar-refractivity contribution >= 4 is 0 Å². The molecule has 0 spiro atoms. The van der Waals surface area contributed by atoms with Crippen molar-refractivity contribution in [2.24, 2.45) is 0 Å². The Balaban J connectivity index is 1.67. The highest BCUT2D eigenvalue weighted by Crippen LogP contribution is 2.29. The van der Waals surface area contributed by atoms with Gasteiger partial charge in [-0.1, -0.05) is 12.1 Å². The number of hydrogen-bond donors (Lipinski definition) is 2. The molecule has 0 amide bonds. The molecular weight excluding hydrogens is 248 g/mol. The van der Waals surface area contributed by atoms with Gasteiger partial charge in [0, 0.05) is 18.5 Å². The summed E-state index contributed by atoms with van der Waals surface area (Å²) in [5.41, 5.74) is 2.92. The molecule has 3 heteroatoms. The first kappa shape index (κ1) is 15.3. The molecule has 0 aromatic heterocycles. The molecule has 2 N–H and O–H groups in total. The largest absolute Gasteiger partial charge is 0.490 e. The molecule has 1 aliphatic heterocycles. The molecule has 1 unspecified atom stereocenters. The maximum Gasteiger partial charge on any atom is 0.123 e. The van der Waals surface area contributed by atoms with E-state index in [9.17, 15) is 0 Å². The Hall–Kier alpha value is -1.06. The first-order chi connectivity index (χ1) is 9.44. The average Bonchev–Trinajstić information content (AvgIpc) is 2.71. The van der Waals surface area contributed by atoms with Gasteiger partial charge < -0.3 is 15.4 Å². The van der Waals surface area contributed by atoms with E-state index in [1.807, 2.05) is 0 Å². The summed E-state index contributed by atoms with van der Waals surface area (Å²) in [5.74, 6) is 1.07. The van der Waals surface area contributed by atoms with Crippen LogP contribution in [0.1, 0.15) is 45.2 Å². The van der Waals surface area contributed by atoms with Crippen LogP contribution in [-0.4, -0.2) is 24.7 Å². The summed E-state index contributed by atoms with van der Waals surface area (Å²) in [6.45, 7) is 11.8. The topological polar surface area (TPSA) is 33.3 Å². The van der Waals surface area contributed by atoms with E-state index in [4.69, 9.17) is 4.74 Å². The van der Waals surface area contributed by atoms with E-state index >= 15 is 0 Å². The first-order valence-electron chi connectivity index (χ1n) is 7.68. The van der Waals surface area contributed by atoms with Crippen molar-refractivity contribution in [3.63, 3.8) is 0 Å². The molecule has 0 saturated heterocycles. The molecule has 1 aromatic rings. The maximum atomic E-state index is 5.72. The zero-order chi connectivity index (χ0) is 14.6. The molecule has 0 bridgehead atoms. The Kier molecular flexibility index (Phi) is 5.06. The van der Waals surface area contributed by atoms with Crippen LogP contribution < -0.4 is 15.4 Å². The monoisotopic (exact) mass is 276 g/mol. The van der Waals surface area contributed by atoms with Crippen LogP contribution in [0.4, 0.5) is 0 Å². The zero-order valence-corrected chi connectivity index (χ0v) is 13.3. The highest BCUT2D eigenvalue weighted by molar-refractivity contribution is 5.40. The van der Waals surface area contributed by atoms with Crippen molar-refractivity contribution < 1.29 is 4.74 Å². The van der Waals surface area contributed by atoms with Gasteiger partial charge in [-0.2, -0.15) is 0 Å². The second kappa shape index (κ2) is 6.59. The van der Waals surface area contributed by atoms with Gasteiger partial charge >= 0.3 is 0 Å². The normalized spacial score (nSPS) is 17.9. The van der Waals surface area contributed by atoms with Crippen LogP contribution in [0.25, 0.3) is 0 Å². The van der Waals surface area contributed by atoms with Crippen LogP contribution in [-0.2, 0) is 13.0 Å². The Morgan fingerprint density at radius 1 is 1.25 bits per heavy atom. The van der Waals surface area contributed by atoms with Crippen LogP contribution in [0.3, 0.4) is 0 Å². The molecule has 0 aliphatic carbocycles. The second-order valence-electron chi connectivity index (χ2n) is 6.78. The minimum Gasteiger partial charge on any atom is -0.490 e. The molecule has 0 fully saturated rings. The predicted octanol–water partition coefficient (Wildman–Crippen LogP) is 2.88. The van der Waals surface area contributed by atoms with Crippen LogP contribution >= 0.6 is 0 Å². The van der Waals surface area contributed by atoms with E-state index in [2.05, 4.69) is 56.5 Å². The van der Waals surface area contributed by atoms with Crippen molar-refractivity contribution in [1.29, 1.82) is 0 Å². The summed E-state index contributed by atoms with van der Waals surface area (Å²) >= 11 is 0. The third-order valence-corrected chi connectivity index (χ3v) is 3.48. The van der Waals surface area contributed by atoms with Crippen molar-refractivity contribution in [2.45, 2.75) is 58.7 Å². The smallest absolute Gasteiger partial charge is 0.123 e. The summed E-state index contributed by atoms with van der Waals surface area (Å²) in [6, 6.07) is 6.55. The summed E-state index contributed by atoms with van der Waals surface area (Å²) < 4.78 is 5.72. The molecule has 112 valence electrons. The Labute approximate surface area is 123 Å². The number of ether oxygens (including phenoxy) is 1. The molecule has 0 saturated carbocycles. The highest BCUT2D eigenvalue weighted by Gasteiger charge is 2.18. The summed E-state index contributed by atoms with van der Waals surface area (Å²) in [6.07, 6.45) is 2.53. The third-order valence-electron chi connectivity index (χ3n) is 3.48. The zero-order valence-electron chi connectivity index (χ0n) is 13.3. The van der Waals surface area contributed by atoms with E-state index in [1.54, 1.807) is 0 Å². The average molecular weight is 276 g/mol. The maximum absolute atomic E-state index is 5.72. The fourth-order valence-electron chi connectivity index (χ4n) is 2.49. The first-order valence-corrected chi connectivity index (χ1v) is 7.68. The number of nitrogens with one attached hydrogen (secondary N) is 2. The molecule has 20 heavy (non-hydrogen) atoms. The van der Waals surface area contributed by atoms with Gasteiger partial charge in [-0.3, -0.25) is 0 Å². The quantitative estimate of drug-likeness (QED) is 0.784. The van der Waals surface area contributed by atoms with Gasteiger partial charge in [0.05, 0.1) is 0 Å². The van der Waals surface area contributed by atoms with Gasteiger partial charge in [0.15, 0.2) is 0 Å². The van der Waals surface area contributed by atoms with Crippen LogP contribution in [0.5, 0.6) is 5.75 Å². The number of hydrogen-bond acceptors (Lipinski definition) is 3. The van der Waals surface area contributed by atoms with E-state index in [1.165, 1.54) is 11.1 Å². The van der Waals surface area contributed by atoms with E-state index in [0.717, 1.165) is 38.2 Å². The van der Waals surface area contributed by atoms with Gasteiger partial charge in [-0.05, 0) is 64.4 Å². The van der Waals surface area contributed by atoms with Crippen molar-refractivity contribution in [1.82, 2.24) is 10.6 Å². The lowest BCUT2D eigenvalue weighted by Gasteiger charge is -2.20. The Morgan fingerprint density at radius 3 is 2.80 bits per heavy atom. The second-order valence-corrected chi connectivity index (χ2v) is 6.78. The standard InChI is InChI=1S/C17H28N2O/c1-13-10-15-11-14(6-7-16(15)20-13)12-18-8-5-9-19-17(2,3)4/h6-7,11,13,18-19H,5,8-10,12H2,1-4H3. The SMILES string of the molecule is CC1Cc2cc(CNCCCNC(C)(C)C)ccc2O1. The van der Waals surface area contributed by atoms with Crippen LogP contribution in [0, 0.1) is 0 Å². The molecule has 1 atom stereocenters. The Bertz CT molecular complexity index is 437. The number of fused-ring (bicyclic) bond motifs is 1. The van der Waals surface area contributed by atoms with Gasteiger partial charge in [-0.15, -0.1) is 0 Å². The minimum atomic E-state index is 0.219. The molecule has 1 aromatic carbocycles. The van der Waals surface area contributed by atoms with Crippen LogP contribution in [0.2, 0.25) is 0 Å². The number of rotatable bonds is 6. The van der Waals surface area contributed by atoms with Crippen molar-refractivity contribution in [3.05, 3.63) is 29.3 Å². The molecule has 2 rings (SSSR count). The van der Waals surface area contributed by atoms with Crippen molar-refractivity contribution in [3.8, 4) is 5.75 Å². The lowest BCUT2D eigenvalue weighted by atomic mass is 10.1. The van der Waals surface area contributed by atoms with Gasteiger partial charge in [0.1, 0.15) is 11.9 Å². The summed E-state index contributed by atoms with van der Waals surface area (Å²) in [5, 5.41) is 7.01. The van der Waals surface area contributed by atoms with E-state index < -0.39 is 0 Å². The Morgan fingerprint density at radius 2 is 2.05 bits per heavy atom. The van der Waals surface area contributed by atoms with Gasteiger partial charge in [0.2, 0.25) is 0 Å². The summed E-state index contributed by atoms with van der Waals surface area (Å²) in [7, 11) is 0. The summed E-state index contributed by atoms with van der Waals surface area (Å²) in [4.78, 5) is 0. The molecular formula is C17H28N2O. The molecule has 1 aliphatic rings. The molecule has 1 heterocycles. The third kappa shape index (κ3) is 4.80. The van der Waals surface area contributed by atoms with Crippen molar-refractivity contribution in [2.75, 3.05) is 13.1 Å². The molecule has 3 nitrogen and oxygen atoms in total. The van der Waals surface area contributed by atoms with Gasteiger partial charge in [-0.25, -0.2) is 0 Å². The van der Waals surface area contributed by atoms with Crippen LogP contribution in [0.15, 0.2) is 18.2 Å². The molecule has 0 radical (unpaired) electrons. The lowest BCUT2D eigenvalue weighted by molar-refractivity contribution is 0.254. The predicted molar refractivity (Wildman–Crippen MR) is 84.3 cm³/mol. The lowest BCUT2D eigenvalue weighted by Crippen LogP contribution is -2.37. The fraction of sp³-hybridized carbons (Fsp3) is 0.647. The minimum absolute atomic E-state index is 0.219. The van der Waals surface area contributed by atoms with Gasteiger partial charge in [0.25, 0.3) is 0 Å².